The van der Waals surface area contributed by atoms with Gasteiger partial charge in [-0.05, 0) is 11.6 Å². The quantitative estimate of drug-likeness (QED) is 0.645. The Hall–Kier alpha value is -0.780. The number of hydrogen-bond acceptors (Lipinski definition) is 2. The van der Waals surface area contributed by atoms with E-state index >= 15 is 0 Å². The van der Waals surface area contributed by atoms with Crippen molar-refractivity contribution in [2.75, 3.05) is 0 Å². The van der Waals surface area contributed by atoms with Gasteiger partial charge in [0.1, 0.15) is 0 Å². The van der Waals surface area contributed by atoms with Crippen molar-refractivity contribution in [2.45, 2.75) is 6.54 Å². The van der Waals surface area contributed by atoms with E-state index in [1.165, 1.54) is 0 Å². The minimum atomic E-state index is -1.94. The molecule has 1 aromatic heterocycles. The van der Waals surface area contributed by atoms with E-state index < -0.39 is 11.3 Å². The maximum atomic E-state index is 10.2. The summed E-state index contributed by atoms with van der Waals surface area (Å²) < 4.78 is 20.9. The van der Waals surface area contributed by atoms with Crippen molar-refractivity contribution in [1.29, 1.82) is 0 Å². The zero-order valence-corrected chi connectivity index (χ0v) is 6.54. The molecule has 0 aromatic carbocycles. The van der Waals surface area contributed by atoms with Crippen LogP contribution in [0.3, 0.4) is 0 Å². The highest BCUT2D eigenvalue weighted by Gasteiger charge is 1.92. The van der Waals surface area contributed by atoms with Gasteiger partial charge in [0.05, 0.1) is 0 Å². The van der Waals surface area contributed by atoms with Crippen molar-refractivity contribution < 1.29 is 8.76 Å². The van der Waals surface area contributed by atoms with E-state index in [2.05, 4.69) is 9.71 Å². The van der Waals surface area contributed by atoms with Crippen LogP contribution in [0.15, 0.2) is 24.5 Å². The molecule has 0 saturated heterocycles. The molecule has 0 aliphatic carbocycles. The van der Waals surface area contributed by atoms with Crippen molar-refractivity contribution in [3.05, 3.63) is 30.1 Å². The van der Waals surface area contributed by atoms with Crippen LogP contribution in [-0.2, 0) is 17.8 Å². The third kappa shape index (κ3) is 3.22. The molecule has 60 valence electrons. The first kappa shape index (κ1) is 8.32. The van der Waals surface area contributed by atoms with Crippen molar-refractivity contribution in [2.24, 2.45) is 0 Å². The highest BCUT2D eigenvalue weighted by atomic mass is 32.2. The standard InChI is InChI=1S/C6H8N2O2S/c9-11(10)8-5-6-2-1-3-7-4-6/h1-4,8H,5H2,(H,9,10). The number of nitrogens with one attached hydrogen (secondary N) is 1. The molecule has 1 rings (SSSR count). The molecular formula is C6H8N2O2S. The molecule has 5 heteroatoms. The molecule has 0 saturated carbocycles. The van der Waals surface area contributed by atoms with E-state index in [9.17, 15) is 4.21 Å². The second-order valence-electron chi connectivity index (χ2n) is 1.93. The zero-order chi connectivity index (χ0) is 8.10. The molecule has 1 heterocycles. The van der Waals surface area contributed by atoms with Crippen LogP contribution in [-0.4, -0.2) is 13.7 Å². The molecule has 0 radical (unpaired) electrons. The Morgan fingerprint density at radius 1 is 1.73 bits per heavy atom. The third-order valence-corrected chi connectivity index (χ3v) is 1.51. The molecule has 0 bridgehead atoms. The highest BCUT2D eigenvalue weighted by Crippen LogP contribution is 1.93. The topological polar surface area (TPSA) is 62.2 Å². The predicted molar refractivity (Wildman–Crippen MR) is 41.8 cm³/mol. The molecule has 2 N–H and O–H groups in total. The fourth-order valence-electron chi connectivity index (χ4n) is 0.648. The summed E-state index contributed by atoms with van der Waals surface area (Å²) >= 11 is -1.94. The van der Waals surface area contributed by atoms with Crippen LogP contribution >= 0.6 is 0 Å². The van der Waals surface area contributed by atoms with Gasteiger partial charge in [0.2, 0.25) is 11.3 Å². The van der Waals surface area contributed by atoms with Crippen molar-refractivity contribution in [3.8, 4) is 0 Å². The fraction of sp³-hybridized carbons (Fsp3) is 0.167. The Morgan fingerprint density at radius 3 is 3.09 bits per heavy atom. The second kappa shape index (κ2) is 4.17. The van der Waals surface area contributed by atoms with E-state index in [1.807, 2.05) is 6.07 Å². The van der Waals surface area contributed by atoms with E-state index in [0.29, 0.717) is 6.54 Å². The molecular weight excluding hydrogens is 164 g/mol. The first-order valence-electron chi connectivity index (χ1n) is 3.02. The summed E-state index contributed by atoms with van der Waals surface area (Å²) in [6.45, 7) is 0.358. The van der Waals surface area contributed by atoms with Gasteiger partial charge in [-0.2, -0.15) is 0 Å². The number of pyridine rings is 1. The van der Waals surface area contributed by atoms with E-state index in [0.717, 1.165) is 5.56 Å². The second-order valence-corrected chi connectivity index (χ2v) is 2.72. The summed E-state index contributed by atoms with van der Waals surface area (Å²) in [6.07, 6.45) is 3.29. The normalized spacial score (nSPS) is 12.8. The Kier molecular flexibility index (Phi) is 3.15. The monoisotopic (exact) mass is 172 g/mol. The minimum Gasteiger partial charge on any atom is -0.294 e. The first-order valence-corrected chi connectivity index (χ1v) is 4.13. The van der Waals surface area contributed by atoms with Gasteiger partial charge in [-0.3, -0.25) is 9.54 Å². The Labute approximate surface area is 67.1 Å². The Balaban J connectivity index is 2.45. The Morgan fingerprint density at radius 2 is 2.55 bits per heavy atom. The maximum absolute atomic E-state index is 10.2. The largest absolute Gasteiger partial charge is 0.294 e. The summed E-state index contributed by atoms with van der Waals surface area (Å²) in [5.74, 6) is 0. The van der Waals surface area contributed by atoms with Crippen LogP contribution in [0.25, 0.3) is 0 Å². The van der Waals surface area contributed by atoms with Gasteiger partial charge in [0.15, 0.2) is 0 Å². The molecule has 11 heavy (non-hydrogen) atoms. The SMILES string of the molecule is O=S(O)NCc1cccnc1. The highest BCUT2D eigenvalue weighted by molar-refractivity contribution is 7.77. The fourth-order valence-corrected chi connectivity index (χ4v) is 0.938. The van der Waals surface area contributed by atoms with Gasteiger partial charge in [-0.25, -0.2) is 8.93 Å². The van der Waals surface area contributed by atoms with E-state index in [1.54, 1.807) is 18.5 Å². The van der Waals surface area contributed by atoms with Gasteiger partial charge in [0, 0.05) is 18.9 Å². The smallest absolute Gasteiger partial charge is 0.232 e. The predicted octanol–water partition coefficient (Wildman–Crippen LogP) is 0.308. The Bertz CT molecular complexity index is 240. The zero-order valence-electron chi connectivity index (χ0n) is 5.73. The minimum absolute atomic E-state index is 0.358. The summed E-state index contributed by atoms with van der Waals surface area (Å²) in [4.78, 5) is 3.84. The maximum Gasteiger partial charge on any atom is 0.232 e. The third-order valence-electron chi connectivity index (χ3n) is 1.12. The van der Waals surface area contributed by atoms with Crippen molar-refractivity contribution in [3.63, 3.8) is 0 Å². The van der Waals surface area contributed by atoms with Crippen LogP contribution in [0.2, 0.25) is 0 Å². The van der Waals surface area contributed by atoms with Gasteiger partial charge in [0.25, 0.3) is 0 Å². The van der Waals surface area contributed by atoms with Gasteiger partial charge >= 0.3 is 0 Å². The molecule has 4 nitrogen and oxygen atoms in total. The average molecular weight is 172 g/mol. The molecule has 1 atom stereocenters. The van der Waals surface area contributed by atoms with E-state index in [4.69, 9.17) is 4.55 Å². The molecule has 1 unspecified atom stereocenters. The van der Waals surface area contributed by atoms with Crippen LogP contribution in [0.4, 0.5) is 0 Å². The lowest BCUT2D eigenvalue weighted by Crippen LogP contribution is -2.15. The number of hydrogen-bond donors (Lipinski definition) is 2. The summed E-state index contributed by atoms with van der Waals surface area (Å²) in [6, 6.07) is 3.60. The van der Waals surface area contributed by atoms with E-state index in [-0.39, 0.29) is 0 Å². The lowest BCUT2D eigenvalue weighted by Gasteiger charge is -1.97. The number of aromatic nitrogens is 1. The summed E-state index contributed by atoms with van der Waals surface area (Å²) in [5.41, 5.74) is 0.884. The number of rotatable bonds is 3. The van der Waals surface area contributed by atoms with Crippen molar-refractivity contribution >= 4 is 11.3 Å². The van der Waals surface area contributed by atoms with Crippen LogP contribution in [0, 0.1) is 0 Å². The summed E-state index contributed by atoms with van der Waals surface area (Å²) in [7, 11) is 0. The van der Waals surface area contributed by atoms with Crippen LogP contribution < -0.4 is 4.72 Å². The van der Waals surface area contributed by atoms with Crippen LogP contribution in [0.1, 0.15) is 5.56 Å². The molecule has 0 aliphatic heterocycles. The molecule has 0 spiro atoms. The van der Waals surface area contributed by atoms with Gasteiger partial charge in [-0.1, -0.05) is 6.07 Å². The molecule has 0 amide bonds. The lowest BCUT2D eigenvalue weighted by molar-refractivity contribution is 0.548. The van der Waals surface area contributed by atoms with Gasteiger partial charge in [-0.15, -0.1) is 0 Å². The van der Waals surface area contributed by atoms with Gasteiger partial charge < -0.3 is 0 Å². The summed E-state index contributed by atoms with van der Waals surface area (Å²) in [5, 5.41) is 0. The first-order chi connectivity index (χ1) is 5.29. The van der Waals surface area contributed by atoms with Crippen LogP contribution in [0.5, 0.6) is 0 Å². The molecule has 1 aromatic rings. The molecule has 0 aliphatic rings. The molecule has 0 fully saturated rings. The number of nitrogens with zero attached hydrogens (tertiary/aromatic N) is 1. The lowest BCUT2D eigenvalue weighted by atomic mass is 10.3. The van der Waals surface area contributed by atoms with Crippen molar-refractivity contribution in [1.82, 2.24) is 9.71 Å². The average Bonchev–Trinajstić information content (AvgIpc) is 2.03.